The number of esters is 1. The zero-order chi connectivity index (χ0) is 19.3. The third-order valence-electron chi connectivity index (χ3n) is 3.46. The topological polar surface area (TPSA) is 89.8 Å². The highest BCUT2D eigenvalue weighted by Gasteiger charge is 2.23. The summed E-state index contributed by atoms with van der Waals surface area (Å²) in [6.07, 6.45) is 0. The van der Waals surface area contributed by atoms with Crippen LogP contribution in [-0.4, -0.2) is 35.4 Å². The van der Waals surface area contributed by atoms with E-state index in [0.29, 0.717) is 11.6 Å². The Morgan fingerprint density at radius 3 is 2.35 bits per heavy atom. The maximum absolute atomic E-state index is 12.1. The van der Waals surface area contributed by atoms with Gasteiger partial charge in [0.2, 0.25) is 0 Å². The number of hydrogen-bond acceptors (Lipinski definition) is 5. The van der Waals surface area contributed by atoms with Gasteiger partial charge in [0.05, 0.1) is 4.92 Å². The maximum Gasteiger partial charge on any atom is 0.345 e. The van der Waals surface area contributed by atoms with Crippen LogP contribution >= 0.6 is 23.2 Å². The van der Waals surface area contributed by atoms with Gasteiger partial charge in [-0.25, -0.2) is 4.79 Å². The molecule has 0 atom stereocenters. The van der Waals surface area contributed by atoms with Gasteiger partial charge in [0.15, 0.2) is 6.61 Å². The molecule has 0 aliphatic rings. The number of rotatable bonds is 6. The molecule has 2 aromatic rings. The van der Waals surface area contributed by atoms with Crippen molar-refractivity contribution in [2.45, 2.75) is 6.54 Å². The molecule has 1 amide bonds. The number of nitro benzene ring substituents is 1. The van der Waals surface area contributed by atoms with E-state index in [0.717, 1.165) is 11.6 Å². The standard InChI is InChI=1S/C17H14Cl2N2O5/c1-20(9-11-2-4-12(18)5-3-11)16(22)10-26-17(23)14-7-6-13(19)8-15(14)21(24)25/h2-8H,9-10H2,1H3. The Bertz CT molecular complexity index is 840. The van der Waals surface area contributed by atoms with Gasteiger partial charge in [-0.15, -0.1) is 0 Å². The zero-order valence-electron chi connectivity index (χ0n) is 13.6. The Kier molecular flexibility index (Phi) is 6.54. The summed E-state index contributed by atoms with van der Waals surface area (Å²) in [6.45, 7) is -0.239. The van der Waals surface area contributed by atoms with Crippen LogP contribution in [0, 0.1) is 10.1 Å². The first-order chi connectivity index (χ1) is 12.3. The summed E-state index contributed by atoms with van der Waals surface area (Å²) in [5, 5.41) is 11.7. The molecule has 0 aromatic heterocycles. The molecule has 0 radical (unpaired) electrons. The summed E-state index contributed by atoms with van der Waals surface area (Å²) >= 11 is 11.5. The van der Waals surface area contributed by atoms with Gasteiger partial charge in [-0.05, 0) is 29.8 Å². The number of carbonyl (C=O) groups is 2. The second kappa shape index (κ2) is 8.64. The molecule has 2 aromatic carbocycles. The molecular weight excluding hydrogens is 383 g/mol. The largest absolute Gasteiger partial charge is 0.452 e. The molecule has 0 aliphatic heterocycles. The van der Waals surface area contributed by atoms with Crippen molar-refractivity contribution in [2.24, 2.45) is 0 Å². The van der Waals surface area contributed by atoms with E-state index in [2.05, 4.69) is 0 Å². The molecule has 0 unspecified atom stereocenters. The summed E-state index contributed by atoms with van der Waals surface area (Å²) in [7, 11) is 1.55. The maximum atomic E-state index is 12.1. The fourth-order valence-electron chi connectivity index (χ4n) is 2.10. The normalized spacial score (nSPS) is 10.3. The summed E-state index contributed by atoms with van der Waals surface area (Å²) in [5.41, 5.74) is 0.0990. The van der Waals surface area contributed by atoms with Gasteiger partial charge in [0.25, 0.3) is 11.6 Å². The molecule has 0 saturated carbocycles. The van der Waals surface area contributed by atoms with Crippen molar-refractivity contribution in [3.63, 3.8) is 0 Å². The highest BCUT2D eigenvalue weighted by molar-refractivity contribution is 6.31. The van der Waals surface area contributed by atoms with Gasteiger partial charge in [0.1, 0.15) is 5.56 Å². The number of amides is 1. The number of hydrogen-bond donors (Lipinski definition) is 0. The van der Waals surface area contributed by atoms with Crippen molar-refractivity contribution >= 4 is 40.8 Å². The minimum Gasteiger partial charge on any atom is -0.452 e. The van der Waals surface area contributed by atoms with Gasteiger partial charge in [-0.3, -0.25) is 14.9 Å². The quantitative estimate of drug-likeness (QED) is 0.421. The van der Waals surface area contributed by atoms with Gasteiger partial charge < -0.3 is 9.64 Å². The van der Waals surface area contributed by atoms with Crippen LogP contribution in [0.4, 0.5) is 5.69 Å². The summed E-state index contributed by atoms with van der Waals surface area (Å²) in [4.78, 5) is 35.8. The minimum atomic E-state index is -0.971. The van der Waals surface area contributed by atoms with Crippen LogP contribution in [0.15, 0.2) is 42.5 Å². The van der Waals surface area contributed by atoms with E-state index in [4.69, 9.17) is 27.9 Å². The van der Waals surface area contributed by atoms with Crippen molar-refractivity contribution in [3.05, 3.63) is 73.8 Å². The Morgan fingerprint density at radius 1 is 1.12 bits per heavy atom. The zero-order valence-corrected chi connectivity index (χ0v) is 15.2. The monoisotopic (exact) mass is 396 g/mol. The molecule has 9 heteroatoms. The Labute approximate surface area is 159 Å². The molecule has 0 N–H and O–H groups in total. The lowest BCUT2D eigenvalue weighted by atomic mass is 10.2. The molecule has 0 bridgehead atoms. The predicted octanol–water partition coefficient (Wildman–Crippen LogP) is 3.72. The lowest BCUT2D eigenvalue weighted by molar-refractivity contribution is -0.385. The van der Waals surface area contributed by atoms with Crippen LogP contribution in [-0.2, 0) is 16.1 Å². The molecule has 0 fully saturated rings. The van der Waals surface area contributed by atoms with Crippen LogP contribution in [0.3, 0.4) is 0 Å². The van der Waals surface area contributed by atoms with E-state index >= 15 is 0 Å². The number of nitro groups is 1. The van der Waals surface area contributed by atoms with Crippen LogP contribution < -0.4 is 0 Å². The number of carbonyl (C=O) groups excluding carboxylic acids is 2. The second-order valence-corrected chi connectivity index (χ2v) is 6.24. The third kappa shape index (κ3) is 5.18. The van der Waals surface area contributed by atoms with Gasteiger partial charge in [-0.1, -0.05) is 35.3 Å². The average molecular weight is 397 g/mol. The molecule has 2 rings (SSSR count). The number of benzene rings is 2. The summed E-state index contributed by atoms with van der Waals surface area (Å²) in [6, 6.07) is 10.5. The second-order valence-electron chi connectivity index (χ2n) is 5.37. The molecule has 0 spiro atoms. The van der Waals surface area contributed by atoms with Gasteiger partial charge in [0, 0.05) is 29.7 Å². The van der Waals surface area contributed by atoms with Crippen LogP contribution in [0.5, 0.6) is 0 Å². The molecule has 0 aliphatic carbocycles. The Hall–Kier alpha value is -2.64. The van der Waals surface area contributed by atoms with Crippen molar-refractivity contribution in [1.82, 2.24) is 4.90 Å². The molecular formula is C17H14Cl2N2O5. The van der Waals surface area contributed by atoms with E-state index in [1.165, 1.54) is 17.0 Å². The predicted molar refractivity (Wildman–Crippen MR) is 96.3 cm³/mol. The summed E-state index contributed by atoms with van der Waals surface area (Å²) < 4.78 is 4.90. The smallest absolute Gasteiger partial charge is 0.345 e. The number of ether oxygens (including phenoxy) is 1. The van der Waals surface area contributed by atoms with E-state index in [1.807, 2.05) is 0 Å². The van der Waals surface area contributed by atoms with Crippen LogP contribution in [0.2, 0.25) is 10.0 Å². The van der Waals surface area contributed by atoms with Crippen molar-refractivity contribution < 1.29 is 19.2 Å². The first kappa shape index (κ1) is 19.7. The highest BCUT2D eigenvalue weighted by Crippen LogP contribution is 2.23. The van der Waals surface area contributed by atoms with Crippen molar-refractivity contribution in [3.8, 4) is 0 Å². The fraction of sp³-hybridized carbons (Fsp3) is 0.176. The first-order valence-corrected chi connectivity index (χ1v) is 8.13. The van der Waals surface area contributed by atoms with Crippen LogP contribution in [0.1, 0.15) is 15.9 Å². The van der Waals surface area contributed by atoms with Crippen molar-refractivity contribution in [1.29, 1.82) is 0 Å². The highest BCUT2D eigenvalue weighted by atomic mass is 35.5. The minimum absolute atomic E-state index is 0.118. The van der Waals surface area contributed by atoms with Gasteiger partial charge >= 0.3 is 5.97 Å². The molecule has 0 saturated heterocycles. The van der Waals surface area contributed by atoms with E-state index in [1.54, 1.807) is 31.3 Å². The molecule has 136 valence electrons. The molecule has 26 heavy (non-hydrogen) atoms. The fourth-order valence-corrected chi connectivity index (χ4v) is 2.39. The van der Waals surface area contributed by atoms with Gasteiger partial charge in [-0.2, -0.15) is 0 Å². The van der Waals surface area contributed by atoms with E-state index < -0.39 is 29.1 Å². The number of nitrogens with zero attached hydrogens (tertiary/aromatic N) is 2. The first-order valence-electron chi connectivity index (χ1n) is 7.37. The SMILES string of the molecule is CN(Cc1ccc(Cl)cc1)C(=O)COC(=O)c1ccc(Cl)cc1[N+](=O)[O-]. The number of halogens is 2. The third-order valence-corrected chi connectivity index (χ3v) is 3.95. The Balaban J connectivity index is 1.97. The van der Waals surface area contributed by atoms with Crippen LogP contribution in [0.25, 0.3) is 0 Å². The number of likely N-dealkylation sites (N-methyl/N-ethyl adjacent to an activating group) is 1. The van der Waals surface area contributed by atoms with E-state index in [-0.39, 0.29) is 10.6 Å². The summed E-state index contributed by atoms with van der Waals surface area (Å²) in [5.74, 6) is -1.42. The Morgan fingerprint density at radius 2 is 1.73 bits per heavy atom. The average Bonchev–Trinajstić information content (AvgIpc) is 2.61. The lowest BCUT2D eigenvalue weighted by Crippen LogP contribution is -2.30. The molecule has 0 heterocycles. The van der Waals surface area contributed by atoms with Crippen molar-refractivity contribution in [2.75, 3.05) is 13.7 Å². The molecule has 7 nitrogen and oxygen atoms in total. The lowest BCUT2D eigenvalue weighted by Gasteiger charge is -2.17. The van der Waals surface area contributed by atoms with E-state index in [9.17, 15) is 19.7 Å².